The first-order valence-electron chi connectivity index (χ1n) is 10.5. The van der Waals surface area contributed by atoms with Gasteiger partial charge in [-0.3, -0.25) is 14.5 Å². The minimum atomic E-state index is -3.62. The molecule has 0 radical (unpaired) electrons. The maximum Gasteiger partial charge on any atom is 0.243 e. The highest BCUT2D eigenvalue weighted by molar-refractivity contribution is 7.89. The van der Waals surface area contributed by atoms with Gasteiger partial charge in [-0.25, -0.2) is 8.42 Å². The molecular weight excluding hydrogens is 416 g/mol. The van der Waals surface area contributed by atoms with Crippen LogP contribution in [0.25, 0.3) is 0 Å². The van der Waals surface area contributed by atoms with E-state index in [4.69, 9.17) is 4.74 Å². The zero-order chi connectivity index (χ0) is 21.7. The quantitative estimate of drug-likeness (QED) is 0.540. The highest BCUT2D eigenvalue weighted by atomic mass is 32.2. The summed E-state index contributed by atoms with van der Waals surface area (Å²) in [7, 11) is -2.06. The topological polar surface area (TPSA) is 83.8 Å². The number of amides is 2. The number of hydrogen-bond donors (Lipinski definition) is 0. The Balaban J connectivity index is 1.29. The fourth-order valence-corrected chi connectivity index (χ4v) is 8.06. The first-order valence-corrected chi connectivity index (χ1v) is 11.9. The van der Waals surface area contributed by atoms with Crippen molar-refractivity contribution in [1.82, 2.24) is 4.31 Å². The molecule has 0 aromatic heterocycles. The number of anilines is 1. The predicted octanol–water partition coefficient (Wildman–Crippen LogP) is 2.20. The molecule has 2 aromatic rings. The zero-order valence-corrected chi connectivity index (χ0v) is 18.0. The van der Waals surface area contributed by atoms with E-state index in [0.29, 0.717) is 11.4 Å². The first-order chi connectivity index (χ1) is 14.8. The van der Waals surface area contributed by atoms with E-state index >= 15 is 0 Å². The molecule has 4 aliphatic rings. The van der Waals surface area contributed by atoms with Gasteiger partial charge in [-0.1, -0.05) is 17.7 Å². The van der Waals surface area contributed by atoms with Gasteiger partial charge in [0, 0.05) is 12.1 Å². The maximum absolute atomic E-state index is 13.3. The van der Waals surface area contributed by atoms with Gasteiger partial charge in [-0.05, 0) is 61.6 Å². The summed E-state index contributed by atoms with van der Waals surface area (Å²) in [4.78, 5) is 28.1. The maximum atomic E-state index is 13.3. The van der Waals surface area contributed by atoms with Crippen molar-refractivity contribution in [2.45, 2.75) is 30.3 Å². The van der Waals surface area contributed by atoms with E-state index in [2.05, 4.69) is 0 Å². The minimum Gasteiger partial charge on any atom is -0.497 e. The number of imide groups is 1. The van der Waals surface area contributed by atoms with Gasteiger partial charge >= 0.3 is 0 Å². The summed E-state index contributed by atoms with van der Waals surface area (Å²) < 4.78 is 33.1. The second-order valence-electron chi connectivity index (χ2n) is 8.95. The van der Waals surface area contributed by atoms with Crippen LogP contribution in [-0.2, 0) is 19.6 Å². The molecule has 2 heterocycles. The standard InChI is InChI=1S/C23H22N2O5S/c1-12-3-9-15(10-4-12)31(28,29)25-20-16-11-17(21(20)25)19-18(16)22(26)24(23(19)27)13-5-7-14(30-2)8-6-13/h3-10,16-21H,11H2,1-2H3/t16?,17?,18-,19+,20+,21-,25?. The number of fused-ring (bicyclic) bond motifs is 8. The van der Waals surface area contributed by atoms with Crippen LogP contribution >= 0.6 is 0 Å². The number of aryl methyl sites for hydroxylation is 1. The van der Waals surface area contributed by atoms with Crippen molar-refractivity contribution in [2.75, 3.05) is 12.0 Å². The summed E-state index contributed by atoms with van der Waals surface area (Å²) in [6.45, 7) is 1.91. The van der Waals surface area contributed by atoms with Gasteiger partial charge < -0.3 is 4.74 Å². The summed E-state index contributed by atoms with van der Waals surface area (Å²) >= 11 is 0. The summed E-state index contributed by atoms with van der Waals surface area (Å²) in [6.07, 6.45) is 0.749. The Morgan fingerprint density at radius 1 is 0.871 bits per heavy atom. The molecule has 2 aliphatic heterocycles. The van der Waals surface area contributed by atoms with Gasteiger partial charge in [0.2, 0.25) is 21.8 Å². The molecule has 2 saturated carbocycles. The molecule has 2 saturated heterocycles. The lowest BCUT2D eigenvalue weighted by molar-refractivity contribution is -0.123. The minimum absolute atomic E-state index is 0.0973. The Hall–Kier alpha value is -2.71. The fourth-order valence-electron chi connectivity index (χ4n) is 6.19. The number of ether oxygens (including phenoxy) is 1. The first kappa shape index (κ1) is 19.0. The van der Waals surface area contributed by atoms with Crippen molar-refractivity contribution in [3.05, 3.63) is 54.1 Å². The molecule has 31 heavy (non-hydrogen) atoms. The molecule has 0 spiro atoms. The van der Waals surface area contributed by atoms with Crippen LogP contribution in [-0.4, -0.2) is 43.7 Å². The van der Waals surface area contributed by atoms with Crippen molar-refractivity contribution >= 4 is 27.5 Å². The monoisotopic (exact) mass is 438 g/mol. The Morgan fingerprint density at radius 3 is 1.94 bits per heavy atom. The van der Waals surface area contributed by atoms with Crippen LogP contribution < -0.4 is 9.64 Å². The molecule has 7 nitrogen and oxygen atoms in total. The Kier molecular flexibility index (Phi) is 3.78. The van der Waals surface area contributed by atoms with Crippen LogP contribution in [0.4, 0.5) is 5.69 Å². The van der Waals surface area contributed by atoms with Crippen molar-refractivity contribution in [2.24, 2.45) is 23.7 Å². The molecule has 0 N–H and O–H groups in total. The molecule has 6 rings (SSSR count). The lowest BCUT2D eigenvalue weighted by atomic mass is 9.81. The average Bonchev–Trinajstić information content (AvgIpc) is 3.15. The van der Waals surface area contributed by atoms with Crippen LogP contribution in [0.1, 0.15) is 12.0 Å². The van der Waals surface area contributed by atoms with E-state index < -0.39 is 21.9 Å². The van der Waals surface area contributed by atoms with E-state index in [0.717, 1.165) is 12.0 Å². The second kappa shape index (κ2) is 6.17. The lowest BCUT2D eigenvalue weighted by Gasteiger charge is -2.20. The van der Waals surface area contributed by atoms with Crippen molar-refractivity contribution in [1.29, 1.82) is 0 Å². The largest absolute Gasteiger partial charge is 0.497 e. The highest BCUT2D eigenvalue weighted by Crippen LogP contribution is 2.66. The van der Waals surface area contributed by atoms with Crippen LogP contribution in [0, 0.1) is 30.6 Å². The molecule has 7 atom stereocenters. The third-order valence-electron chi connectivity index (χ3n) is 7.52. The number of carbonyl (C=O) groups excluding carboxylic acids is 2. The predicted molar refractivity (Wildman–Crippen MR) is 112 cm³/mol. The van der Waals surface area contributed by atoms with Gasteiger partial charge in [0.25, 0.3) is 0 Å². The smallest absolute Gasteiger partial charge is 0.243 e. The van der Waals surface area contributed by atoms with Crippen LogP contribution in [0.3, 0.4) is 0 Å². The van der Waals surface area contributed by atoms with Crippen LogP contribution in [0.2, 0.25) is 0 Å². The third-order valence-corrected chi connectivity index (χ3v) is 9.43. The average molecular weight is 439 g/mol. The molecular formula is C23H22N2O5S. The van der Waals surface area contributed by atoms with Gasteiger partial charge in [0.05, 0.1) is 29.5 Å². The number of methoxy groups -OCH3 is 1. The summed E-state index contributed by atoms with van der Waals surface area (Å²) in [5.74, 6) is -0.810. The highest BCUT2D eigenvalue weighted by Gasteiger charge is 2.78. The van der Waals surface area contributed by atoms with Crippen molar-refractivity contribution in [3.63, 3.8) is 0 Å². The van der Waals surface area contributed by atoms with Gasteiger partial charge in [-0.15, -0.1) is 0 Å². The van der Waals surface area contributed by atoms with Crippen molar-refractivity contribution < 1.29 is 22.7 Å². The number of benzene rings is 2. The Bertz CT molecular complexity index is 1170. The van der Waals surface area contributed by atoms with Gasteiger partial charge in [-0.2, -0.15) is 4.31 Å². The lowest BCUT2D eigenvalue weighted by Crippen LogP contribution is -2.34. The van der Waals surface area contributed by atoms with E-state index in [1.165, 1.54) is 4.90 Å². The van der Waals surface area contributed by atoms with Gasteiger partial charge in [0.15, 0.2) is 0 Å². The molecule has 2 aromatic carbocycles. The molecule has 4 fully saturated rings. The molecule has 3 unspecified atom stereocenters. The second-order valence-corrected chi connectivity index (χ2v) is 10.8. The zero-order valence-electron chi connectivity index (χ0n) is 17.1. The van der Waals surface area contributed by atoms with E-state index in [1.807, 2.05) is 6.92 Å². The third kappa shape index (κ3) is 2.40. The summed E-state index contributed by atoms with van der Waals surface area (Å²) in [5.41, 5.74) is 1.54. The van der Waals surface area contributed by atoms with Crippen LogP contribution in [0.5, 0.6) is 5.75 Å². The van der Waals surface area contributed by atoms with Crippen molar-refractivity contribution in [3.8, 4) is 5.75 Å². The number of piperidine rings is 1. The van der Waals surface area contributed by atoms with E-state index in [1.54, 1.807) is 59.9 Å². The number of hydrogen-bond acceptors (Lipinski definition) is 5. The van der Waals surface area contributed by atoms with Gasteiger partial charge in [0.1, 0.15) is 5.75 Å². The van der Waals surface area contributed by atoms with E-state index in [9.17, 15) is 18.0 Å². The summed E-state index contributed by atoms with van der Waals surface area (Å²) in [6, 6.07) is 13.4. The molecule has 2 amide bonds. The summed E-state index contributed by atoms with van der Waals surface area (Å²) in [5, 5.41) is 0. The van der Waals surface area contributed by atoms with E-state index in [-0.39, 0.29) is 40.6 Å². The number of sulfonamides is 1. The molecule has 160 valence electrons. The Morgan fingerprint density at radius 2 is 1.42 bits per heavy atom. The van der Waals surface area contributed by atoms with Crippen LogP contribution in [0.15, 0.2) is 53.4 Å². The number of carbonyl (C=O) groups is 2. The fraction of sp³-hybridized carbons (Fsp3) is 0.391. The Labute approximate surface area is 180 Å². The molecule has 2 aliphatic carbocycles. The normalized spacial score (nSPS) is 35.3. The number of rotatable bonds is 4. The SMILES string of the molecule is COc1ccc(N2C(=O)[C@@H]3C4CC([C@@H]5[C@H]4N5S(=O)(=O)c4ccc(C)cc4)[C@@H]3C2=O)cc1. The molecule has 2 bridgehead atoms. The molecule has 8 heteroatoms. The number of nitrogens with zero attached hydrogens (tertiary/aromatic N) is 2.